The van der Waals surface area contributed by atoms with Gasteiger partial charge < -0.3 is 30.2 Å². The summed E-state index contributed by atoms with van der Waals surface area (Å²) in [6, 6.07) is 17.9. The molecule has 0 spiro atoms. The zero-order chi connectivity index (χ0) is 30.5. The molecule has 2 aromatic carbocycles. The van der Waals surface area contributed by atoms with Gasteiger partial charge in [-0.25, -0.2) is 4.79 Å². The largest absolute Gasteiger partial charge is 0.494 e. The van der Waals surface area contributed by atoms with Crippen molar-refractivity contribution in [2.75, 3.05) is 41.8 Å². The second-order valence-corrected chi connectivity index (χ2v) is 12.0. The molecular formula is C35H41N5O4. The number of pyridine rings is 1. The van der Waals surface area contributed by atoms with E-state index in [2.05, 4.69) is 26.9 Å². The van der Waals surface area contributed by atoms with Gasteiger partial charge in [0.2, 0.25) is 0 Å². The summed E-state index contributed by atoms with van der Waals surface area (Å²) in [6.07, 6.45) is 8.89. The number of benzene rings is 2. The van der Waals surface area contributed by atoms with E-state index in [1.807, 2.05) is 47.9 Å². The molecule has 1 fully saturated rings. The highest BCUT2D eigenvalue weighted by Crippen LogP contribution is 2.39. The number of ether oxygens (including phenoxy) is 1. The van der Waals surface area contributed by atoms with Crippen molar-refractivity contribution in [3.8, 4) is 5.75 Å². The quantitative estimate of drug-likeness (QED) is 0.258. The van der Waals surface area contributed by atoms with E-state index in [4.69, 9.17) is 4.74 Å². The molecular weight excluding hydrogens is 554 g/mol. The molecule has 1 aromatic heterocycles. The fourth-order valence-corrected chi connectivity index (χ4v) is 6.80. The van der Waals surface area contributed by atoms with Crippen molar-refractivity contribution in [2.24, 2.45) is 5.92 Å². The Morgan fingerprint density at radius 1 is 0.977 bits per heavy atom. The summed E-state index contributed by atoms with van der Waals surface area (Å²) >= 11 is 0. The standard InChI is InChI=1S/C35H41N5O4/c1-2-44-29-14-12-28(13-15-29)37-35(43)38-30-20-26(34(42)36-18-17-24-7-4-3-5-8-24)11-16-32(30)39-21-25-19-27(23-39)31-9-6-10-33(41)40(31)22-25/h6-7,9-16,20,25,27H,2-5,8,17-19,21-23H2,1H3,(H,36,42)(H2,37,38,43)/t25-,27+/m1/s1. The molecule has 6 rings (SSSR count). The smallest absolute Gasteiger partial charge is 0.323 e. The lowest BCUT2D eigenvalue weighted by Gasteiger charge is -2.44. The minimum atomic E-state index is -0.397. The molecule has 0 saturated carbocycles. The van der Waals surface area contributed by atoms with Gasteiger partial charge in [0.25, 0.3) is 11.5 Å². The molecule has 1 aliphatic carbocycles. The van der Waals surface area contributed by atoms with Crippen LogP contribution in [0.2, 0.25) is 0 Å². The highest BCUT2D eigenvalue weighted by Gasteiger charge is 2.35. The lowest BCUT2D eigenvalue weighted by Crippen LogP contribution is -2.47. The third-order valence-electron chi connectivity index (χ3n) is 8.87. The van der Waals surface area contributed by atoms with Crippen molar-refractivity contribution >= 4 is 29.0 Å². The minimum Gasteiger partial charge on any atom is -0.494 e. The maximum absolute atomic E-state index is 13.2. The lowest BCUT2D eigenvalue weighted by molar-refractivity contribution is 0.0954. The van der Waals surface area contributed by atoms with Gasteiger partial charge in [0.1, 0.15) is 5.75 Å². The Kier molecular flexibility index (Phi) is 9.00. The topological polar surface area (TPSA) is 105 Å². The van der Waals surface area contributed by atoms with Crippen molar-refractivity contribution in [3.05, 3.63) is 93.9 Å². The van der Waals surface area contributed by atoms with Crippen LogP contribution < -0.4 is 31.1 Å². The zero-order valence-corrected chi connectivity index (χ0v) is 25.3. The third kappa shape index (κ3) is 6.82. The highest BCUT2D eigenvalue weighted by molar-refractivity contribution is 6.04. The van der Waals surface area contributed by atoms with E-state index >= 15 is 0 Å². The molecule has 9 nitrogen and oxygen atoms in total. The second kappa shape index (κ2) is 13.4. The highest BCUT2D eigenvalue weighted by atomic mass is 16.5. The number of hydrogen-bond acceptors (Lipinski definition) is 5. The van der Waals surface area contributed by atoms with Crippen molar-refractivity contribution in [2.45, 2.75) is 57.9 Å². The summed E-state index contributed by atoms with van der Waals surface area (Å²) in [6.45, 7) is 5.23. The lowest BCUT2D eigenvalue weighted by atomic mass is 9.83. The number of amides is 3. The Bertz CT molecular complexity index is 1600. The SMILES string of the molecule is CCOc1ccc(NC(=O)Nc2cc(C(=O)NCCC3=CCCCC3)ccc2N2C[C@H]3C[C@@H](C2)c2cccc(=O)n2C3)cc1. The molecule has 9 heteroatoms. The molecule has 1 saturated heterocycles. The van der Waals surface area contributed by atoms with Crippen LogP contribution in [-0.4, -0.2) is 42.7 Å². The van der Waals surface area contributed by atoms with Gasteiger partial charge in [-0.1, -0.05) is 17.7 Å². The first-order valence-corrected chi connectivity index (χ1v) is 15.8. The van der Waals surface area contributed by atoms with Gasteiger partial charge >= 0.3 is 6.03 Å². The summed E-state index contributed by atoms with van der Waals surface area (Å²) < 4.78 is 7.42. The molecule has 3 heterocycles. The van der Waals surface area contributed by atoms with Crippen LogP contribution in [0.1, 0.15) is 67.4 Å². The Morgan fingerprint density at radius 3 is 2.64 bits per heavy atom. The first kappa shape index (κ1) is 29.5. The van der Waals surface area contributed by atoms with Crippen LogP contribution in [0.4, 0.5) is 21.9 Å². The van der Waals surface area contributed by atoms with Gasteiger partial charge in [-0.15, -0.1) is 0 Å². The Hall–Kier alpha value is -4.53. The molecule has 3 aromatic rings. The van der Waals surface area contributed by atoms with E-state index in [0.29, 0.717) is 42.6 Å². The van der Waals surface area contributed by atoms with Gasteiger partial charge in [-0.2, -0.15) is 0 Å². The molecule has 44 heavy (non-hydrogen) atoms. The number of nitrogens with one attached hydrogen (secondary N) is 3. The first-order chi connectivity index (χ1) is 21.5. The van der Waals surface area contributed by atoms with Gasteiger partial charge in [-0.05, 0) is 99.9 Å². The van der Waals surface area contributed by atoms with Gasteiger partial charge in [0.05, 0.1) is 18.0 Å². The summed E-state index contributed by atoms with van der Waals surface area (Å²) in [4.78, 5) is 41.3. The van der Waals surface area contributed by atoms with Crippen molar-refractivity contribution in [3.63, 3.8) is 0 Å². The maximum Gasteiger partial charge on any atom is 0.323 e. The van der Waals surface area contributed by atoms with Crippen LogP contribution in [0.5, 0.6) is 5.75 Å². The first-order valence-electron chi connectivity index (χ1n) is 15.8. The van der Waals surface area contributed by atoms with Gasteiger partial charge in [-0.3, -0.25) is 9.59 Å². The molecule has 3 aliphatic rings. The monoisotopic (exact) mass is 595 g/mol. The number of fused-ring (bicyclic) bond motifs is 4. The summed E-state index contributed by atoms with van der Waals surface area (Å²) in [5, 5.41) is 8.99. The van der Waals surface area contributed by atoms with Crippen LogP contribution in [0.3, 0.4) is 0 Å². The Balaban J connectivity index is 1.21. The number of aromatic nitrogens is 1. The van der Waals surface area contributed by atoms with Crippen molar-refractivity contribution in [1.82, 2.24) is 9.88 Å². The number of hydrogen-bond donors (Lipinski definition) is 3. The van der Waals surface area contributed by atoms with Crippen LogP contribution in [0.15, 0.2) is 77.1 Å². The van der Waals surface area contributed by atoms with Crippen molar-refractivity contribution in [1.29, 1.82) is 0 Å². The Labute approximate surface area is 258 Å². The fourth-order valence-electron chi connectivity index (χ4n) is 6.80. The van der Waals surface area contributed by atoms with Crippen molar-refractivity contribution < 1.29 is 14.3 Å². The molecule has 3 amide bonds. The van der Waals surface area contributed by atoms with E-state index in [9.17, 15) is 14.4 Å². The third-order valence-corrected chi connectivity index (χ3v) is 8.87. The predicted octanol–water partition coefficient (Wildman–Crippen LogP) is 6.14. The van der Waals surface area contributed by atoms with E-state index in [1.54, 1.807) is 24.3 Å². The zero-order valence-electron chi connectivity index (χ0n) is 25.3. The number of rotatable bonds is 9. The average Bonchev–Trinajstić information content (AvgIpc) is 3.03. The number of urea groups is 1. The van der Waals surface area contributed by atoms with Crippen LogP contribution in [0.25, 0.3) is 0 Å². The molecule has 2 atom stereocenters. The fraction of sp³-hybridized carbons (Fsp3) is 0.400. The van der Waals surface area contributed by atoms with Crippen LogP contribution in [-0.2, 0) is 6.54 Å². The van der Waals surface area contributed by atoms with Crippen LogP contribution >= 0.6 is 0 Å². The van der Waals surface area contributed by atoms with Gasteiger partial charge in [0.15, 0.2) is 0 Å². The number of anilines is 3. The number of piperidine rings is 1. The number of allylic oxidation sites excluding steroid dienone is 1. The number of carbonyl (C=O) groups excluding carboxylic acids is 2. The molecule has 2 aliphatic heterocycles. The van der Waals surface area contributed by atoms with E-state index in [0.717, 1.165) is 55.9 Å². The normalized spacial score (nSPS) is 18.9. The molecule has 230 valence electrons. The van der Waals surface area contributed by atoms with E-state index < -0.39 is 6.03 Å². The van der Waals surface area contributed by atoms with Gasteiger partial charge in [0, 0.05) is 55.1 Å². The van der Waals surface area contributed by atoms with Crippen LogP contribution in [0, 0.1) is 5.92 Å². The van der Waals surface area contributed by atoms with E-state index in [1.165, 1.54) is 18.4 Å². The predicted molar refractivity (Wildman–Crippen MR) is 174 cm³/mol. The molecule has 3 N–H and O–H groups in total. The minimum absolute atomic E-state index is 0.0501. The average molecular weight is 596 g/mol. The molecule has 0 unspecified atom stereocenters. The molecule has 2 bridgehead atoms. The summed E-state index contributed by atoms with van der Waals surface area (Å²) in [5.74, 6) is 1.09. The van der Waals surface area contributed by atoms with E-state index in [-0.39, 0.29) is 17.4 Å². The molecule has 0 radical (unpaired) electrons. The number of carbonyl (C=O) groups is 2. The second-order valence-electron chi connectivity index (χ2n) is 12.0. The number of nitrogens with zero attached hydrogens (tertiary/aromatic N) is 2. The Morgan fingerprint density at radius 2 is 1.84 bits per heavy atom. The summed E-state index contributed by atoms with van der Waals surface area (Å²) in [5.41, 5.74) is 5.09. The maximum atomic E-state index is 13.2. The summed E-state index contributed by atoms with van der Waals surface area (Å²) in [7, 11) is 0.